The molecule has 12 heteroatoms. The van der Waals surface area contributed by atoms with E-state index in [0.717, 1.165) is 76.8 Å². The number of rotatable bonds is 11. The molecular formula is C69H68F10O2. The lowest BCUT2D eigenvalue weighted by molar-refractivity contribution is -0.189. The molecule has 0 radical (unpaired) electrons. The highest BCUT2D eigenvalue weighted by atomic mass is 19.3. The van der Waals surface area contributed by atoms with E-state index < -0.39 is 75.3 Å². The molecule has 0 aliphatic heterocycles. The van der Waals surface area contributed by atoms with E-state index in [1.807, 2.05) is 43.3 Å². The molecule has 8 aromatic carbocycles. The minimum absolute atomic E-state index is 0. The van der Waals surface area contributed by atoms with Crippen LogP contribution in [0.15, 0.2) is 158 Å². The number of aryl methyl sites for hydroxylation is 2. The Morgan fingerprint density at radius 3 is 1.00 bits per heavy atom. The molecule has 2 aliphatic carbocycles. The summed E-state index contributed by atoms with van der Waals surface area (Å²) in [6.45, 7) is 11.1. The van der Waals surface area contributed by atoms with Crippen LogP contribution in [0.2, 0.25) is 0 Å². The minimum Gasteiger partial charge on any atom is -0.429 e. The van der Waals surface area contributed by atoms with Crippen molar-refractivity contribution < 1.29 is 53.4 Å². The Kier molecular flexibility index (Phi) is 20.0. The maximum Gasteiger partial charge on any atom is 0.432 e. The van der Waals surface area contributed by atoms with Crippen molar-refractivity contribution in [3.8, 4) is 44.9 Å². The van der Waals surface area contributed by atoms with Gasteiger partial charge in [-0.25, -0.2) is 26.3 Å². The summed E-state index contributed by atoms with van der Waals surface area (Å²) in [5.41, 5.74) is 6.69. The molecule has 81 heavy (non-hydrogen) atoms. The summed E-state index contributed by atoms with van der Waals surface area (Å²) in [6.07, 6.45) is 2.30. The third-order valence-corrected chi connectivity index (χ3v) is 15.5. The van der Waals surface area contributed by atoms with E-state index in [0.29, 0.717) is 23.6 Å². The van der Waals surface area contributed by atoms with Gasteiger partial charge in [-0.05, 0) is 146 Å². The molecule has 426 valence electrons. The van der Waals surface area contributed by atoms with Crippen LogP contribution < -0.4 is 9.47 Å². The van der Waals surface area contributed by atoms with Crippen molar-refractivity contribution in [2.24, 2.45) is 11.8 Å². The van der Waals surface area contributed by atoms with Crippen molar-refractivity contribution in [1.82, 2.24) is 0 Å². The van der Waals surface area contributed by atoms with Gasteiger partial charge in [-0.1, -0.05) is 167 Å². The molecule has 0 saturated heterocycles. The second-order valence-electron chi connectivity index (χ2n) is 21.5. The van der Waals surface area contributed by atoms with Gasteiger partial charge in [0, 0.05) is 35.4 Å². The summed E-state index contributed by atoms with van der Waals surface area (Å²) in [5, 5.41) is 0. The van der Waals surface area contributed by atoms with Gasteiger partial charge in [0.1, 0.15) is 52.0 Å². The van der Waals surface area contributed by atoms with Crippen molar-refractivity contribution in [2.75, 3.05) is 0 Å². The molecule has 2 aliphatic rings. The lowest BCUT2D eigenvalue weighted by Gasteiger charge is -2.26. The van der Waals surface area contributed by atoms with Crippen molar-refractivity contribution in [3.63, 3.8) is 0 Å². The van der Waals surface area contributed by atoms with Gasteiger partial charge in [0.15, 0.2) is 0 Å². The van der Waals surface area contributed by atoms with Crippen LogP contribution in [0.1, 0.15) is 129 Å². The van der Waals surface area contributed by atoms with E-state index in [1.165, 1.54) is 81.5 Å². The number of hydrogen-bond acceptors (Lipinski definition) is 2. The molecule has 2 nitrogen and oxygen atoms in total. The third kappa shape index (κ3) is 15.6. The Morgan fingerprint density at radius 2 is 0.630 bits per heavy atom. The van der Waals surface area contributed by atoms with Crippen LogP contribution in [0.4, 0.5) is 43.9 Å². The summed E-state index contributed by atoms with van der Waals surface area (Å²) in [6, 6.07) is 41.7. The van der Waals surface area contributed by atoms with Gasteiger partial charge < -0.3 is 9.47 Å². The van der Waals surface area contributed by atoms with E-state index in [1.54, 1.807) is 42.0 Å². The van der Waals surface area contributed by atoms with Gasteiger partial charge in [0.2, 0.25) is 0 Å². The number of halogens is 10. The second-order valence-corrected chi connectivity index (χ2v) is 21.5. The van der Waals surface area contributed by atoms with Gasteiger partial charge in [-0.15, -0.1) is 0 Å². The largest absolute Gasteiger partial charge is 0.432 e. The van der Waals surface area contributed by atoms with Gasteiger partial charge in [-0.3, -0.25) is 0 Å². The molecular weight excluding hydrogens is 1050 g/mol. The van der Waals surface area contributed by atoms with Crippen molar-refractivity contribution >= 4 is 0 Å². The highest BCUT2D eigenvalue weighted by Crippen LogP contribution is 2.41. The van der Waals surface area contributed by atoms with Crippen molar-refractivity contribution in [2.45, 2.75) is 124 Å². The van der Waals surface area contributed by atoms with Gasteiger partial charge in [-0.2, -0.15) is 17.6 Å². The molecule has 0 bridgehead atoms. The summed E-state index contributed by atoms with van der Waals surface area (Å²) < 4.78 is 151. The fourth-order valence-corrected chi connectivity index (χ4v) is 10.2. The standard InChI is InChI=1S/C27H18F6O.C27H26F4O.C14H20.CH4/c1-15-3-5-17(6-4-15)18-7-9-19(10-8-18)20-11-24(30)26(25(31)12-20)27(32,33)34-21-13-22(28)16(2)23(29)14-21;1-17-3-5-19(6-4-17)20-7-9-21(10-8-20)22-11-13-23(14-12-22)27(30,31)32-24-15-25(28)18(2)26(29)16-24;1-11-3-7-13(8-4-11)14-9-5-12(2)6-10-14;/h3-14H,1-2H3;7-17,19H,3-6H2,1-2H3;3-4,7-8,12,14H,5-6,9-10H2,1-2H3;1H4. The van der Waals surface area contributed by atoms with Crippen molar-refractivity contribution in [3.05, 3.63) is 237 Å². The zero-order valence-corrected chi connectivity index (χ0v) is 45.6. The zero-order valence-electron chi connectivity index (χ0n) is 45.6. The Hall–Kier alpha value is -7.34. The van der Waals surface area contributed by atoms with Crippen LogP contribution in [-0.2, 0) is 12.2 Å². The molecule has 0 amide bonds. The average molecular weight is 1120 g/mol. The number of hydrogen-bond donors (Lipinski definition) is 0. The molecule has 0 heterocycles. The molecule has 0 N–H and O–H groups in total. The lowest BCUT2D eigenvalue weighted by atomic mass is 9.79. The molecule has 0 atom stereocenters. The molecule has 0 aromatic heterocycles. The van der Waals surface area contributed by atoms with E-state index in [-0.39, 0.29) is 18.6 Å². The van der Waals surface area contributed by atoms with E-state index >= 15 is 0 Å². The quantitative estimate of drug-likeness (QED) is 0.120. The third-order valence-electron chi connectivity index (χ3n) is 15.5. The predicted molar refractivity (Wildman–Crippen MR) is 304 cm³/mol. The highest BCUT2D eigenvalue weighted by molar-refractivity contribution is 5.71. The fraction of sp³-hybridized carbons (Fsp3) is 0.304. The lowest BCUT2D eigenvalue weighted by Crippen LogP contribution is -2.25. The van der Waals surface area contributed by atoms with Gasteiger partial charge >= 0.3 is 12.2 Å². The highest BCUT2D eigenvalue weighted by Gasteiger charge is 2.42. The second kappa shape index (κ2) is 26.5. The first-order valence-corrected chi connectivity index (χ1v) is 27.0. The summed E-state index contributed by atoms with van der Waals surface area (Å²) >= 11 is 0. The van der Waals surface area contributed by atoms with Gasteiger partial charge in [0.05, 0.1) is 5.56 Å². The maximum absolute atomic E-state index is 14.7. The van der Waals surface area contributed by atoms with Crippen LogP contribution in [0.25, 0.3) is 33.4 Å². The van der Waals surface area contributed by atoms with E-state index in [9.17, 15) is 43.9 Å². The first-order chi connectivity index (χ1) is 38.0. The summed E-state index contributed by atoms with van der Waals surface area (Å²) in [7, 11) is 0. The van der Waals surface area contributed by atoms with E-state index in [2.05, 4.69) is 66.6 Å². The Labute approximate surface area is 469 Å². The molecule has 0 unspecified atom stereocenters. The minimum atomic E-state index is -4.52. The summed E-state index contributed by atoms with van der Waals surface area (Å²) in [4.78, 5) is 0. The Bertz CT molecular complexity index is 3270. The van der Waals surface area contributed by atoms with Crippen molar-refractivity contribution in [1.29, 1.82) is 0 Å². The summed E-state index contributed by atoms with van der Waals surface area (Å²) in [5.74, 6) is -5.52. The van der Waals surface area contributed by atoms with Crippen LogP contribution in [0, 0.1) is 74.4 Å². The van der Waals surface area contributed by atoms with Crippen LogP contribution >= 0.6 is 0 Å². The Balaban J connectivity index is 0.000000188. The van der Waals surface area contributed by atoms with Crippen LogP contribution in [-0.4, -0.2) is 0 Å². The zero-order chi connectivity index (χ0) is 57.5. The number of benzene rings is 8. The average Bonchev–Trinajstić information content (AvgIpc) is 3.44. The smallest absolute Gasteiger partial charge is 0.429 e. The monoisotopic (exact) mass is 1120 g/mol. The normalized spacial score (nSPS) is 17.1. The molecule has 2 saturated carbocycles. The topological polar surface area (TPSA) is 18.5 Å². The van der Waals surface area contributed by atoms with E-state index in [4.69, 9.17) is 0 Å². The maximum atomic E-state index is 14.7. The molecule has 10 rings (SSSR count). The molecule has 0 spiro atoms. The number of ether oxygens (including phenoxy) is 2. The van der Waals surface area contributed by atoms with Gasteiger partial charge in [0.25, 0.3) is 0 Å². The van der Waals surface area contributed by atoms with Crippen LogP contribution in [0.5, 0.6) is 11.5 Å². The SMILES string of the molecule is C.Cc1c(F)cc(OC(F)(F)c2ccc(-c3ccc(C4CCC(C)CC4)cc3)cc2)cc1F.Cc1ccc(-c2ccc(-c3cc(F)c(C(F)(F)Oc4cc(F)c(C)c(F)c4)c(F)c3)cc2)cc1.Cc1ccc(C2CCC(C)CC2)cc1. The first-order valence-electron chi connectivity index (χ1n) is 27.0. The Morgan fingerprint density at radius 1 is 0.346 bits per heavy atom. The molecule has 2 fully saturated rings. The first kappa shape index (κ1) is 61.3. The fourth-order valence-electron chi connectivity index (χ4n) is 10.2. The van der Waals surface area contributed by atoms with Crippen LogP contribution in [0.3, 0.4) is 0 Å². The number of alkyl halides is 4. The predicted octanol–water partition coefficient (Wildman–Crippen LogP) is 21.6. The molecule has 8 aromatic rings.